The number of alkyl halides is 3. The second kappa shape index (κ2) is 8.86. The normalized spacial score (nSPS) is 20.6. The van der Waals surface area contributed by atoms with Crippen molar-refractivity contribution in [3.8, 4) is 5.75 Å². The van der Waals surface area contributed by atoms with E-state index in [1.54, 1.807) is 18.1 Å². The summed E-state index contributed by atoms with van der Waals surface area (Å²) in [6.45, 7) is 2.06. The van der Waals surface area contributed by atoms with Gasteiger partial charge in [0.2, 0.25) is 0 Å². The first-order valence-electron chi connectivity index (χ1n) is 11.0. The molecule has 34 heavy (non-hydrogen) atoms. The molecule has 2 aliphatic rings. The lowest BCUT2D eigenvalue weighted by molar-refractivity contribution is -0.173. The van der Waals surface area contributed by atoms with Crippen molar-refractivity contribution >= 4 is 28.7 Å². The maximum atomic E-state index is 13.9. The van der Waals surface area contributed by atoms with E-state index in [2.05, 4.69) is 15.3 Å². The summed E-state index contributed by atoms with van der Waals surface area (Å²) < 4.78 is 48.0. The van der Waals surface area contributed by atoms with Crippen molar-refractivity contribution in [1.29, 1.82) is 0 Å². The highest BCUT2D eigenvalue weighted by Crippen LogP contribution is 2.45. The van der Waals surface area contributed by atoms with Gasteiger partial charge in [0.15, 0.2) is 6.04 Å². The number of hydrogen-bond acceptors (Lipinski definition) is 6. The molecule has 0 spiro atoms. The fraction of sp³-hybridized carbons (Fsp3) is 0.391. The molecular formula is C23H24F3N5O2S. The van der Waals surface area contributed by atoms with Crippen molar-refractivity contribution in [2.24, 2.45) is 0 Å². The molecule has 0 unspecified atom stereocenters. The quantitative estimate of drug-likeness (QED) is 0.579. The van der Waals surface area contributed by atoms with Crippen molar-refractivity contribution in [3.05, 3.63) is 58.4 Å². The Hall–Kier alpha value is -3.21. The van der Waals surface area contributed by atoms with E-state index in [4.69, 9.17) is 4.74 Å². The lowest BCUT2D eigenvalue weighted by Crippen LogP contribution is -2.49. The third-order valence-electron chi connectivity index (χ3n) is 6.35. The van der Waals surface area contributed by atoms with Gasteiger partial charge in [-0.3, -0.25) is 4.79 Å². The molecule has 11 heteroatoms. The van der Waals surface area contributed by atoms with Crippen molar-refractivity contribution < 1.29 is 22.7 Å². The molecule has 5 rings (SSSR count). The summed E-state index contributed by atoms with van der Waals surface area (Å²) in [5.41, 5.74) is 1.12. The minimum Gasteiger partial charge on any atom is -0.495 e. The number of benzene rings is 1. The Morgan fingerprint density at radius 2 is 1.91 bits per heavy atom. The number of halogens is 3. The molecule has 2 aliphatic heterocycles. The second-order valence-electron chi connectivity index (χ2n) is 8.31. The minimum absolute atomic E-state index is 0.129. The zero-order valence-corrected chi connectivity index (χ0v) is 19.3. The summed E-state index contributed by atoms with van der Waals surface area (Å²) >= 11 is 1.39. The molecule has 0 aliphatic carbocycles. The number of amides is 1. The Labute approximate surface area is 198 Å². The average molecular weight is 492 g/mol. The van der Waals surface area contributed by atoms with Gasteiger partial charge < -0.3 is 19.9 Å². The van der Waals surface area contributed by atoms with E-state index >= 15 is 0 Å². The van der Waals surface area contributed by atoms with Crippen molar-refractivity contribution in [1.82, 2.24) is 14.7 Å². The molecule has 7 nitrogen and oxygen atoms in total. The van der Waals surface area contributed by atoms with Gasteiger partial charge in [-0.25, -0.2) is 4.68 Å². The molecule has 1 fully saturated rings. The molecule has 0 saturated carbocycles. The standard InChI is InChI=1S/C23H24F3N5O2S/c1-33-18-6-3-2-5-17(18)29-8-10-30(11-9-29)22(32)15-14-27-31-20(23(24,25)26)13-16(28-21(15)31)19-7-4-12-34-19/h2-7,12,14,16,20,28H,8-11,13H2,1H3/t16-,20-/m0/s1. The number of fused-ring (bicyclic) bond motifs is 1. The SMILES string of the molecule is COc1ccccc1N1CCN(C(=O)c2cnn3c2N[C@H](c2cccs2)C[C@H]3C(F)(F)F)CC1. The fourth-order valence-electron chi connectivity index (χ4n) is 4.61. The van der Waals surface area contributed by atoms with Crippen LogP contribution in [-0.2, 0) is 0 Å². The molecule has 1 N–H and O–H groups in total. The highest BCUT2D eigenvalue weighted by atomic mass is 32.1. The third kappa shape index (κ3) is 4.08. The van der Waals surface area contributed by atoms with Crippen LogP contribution in [0.1, 0.15) is 33.7 Å². The van der Waals surface area contributed by atoms with Crippen LogP contribution in [0.5, 0.6) is 5.75 Å². The van der Waals surface area contributed by atoms with Crippen LogP contribution in [-0.4, -0.2) is 60.1 Å². The van der Waals surface area contributed by atoms with Crippen LogP contribution in [0.15, 0.2) is 48.0 Å². The summed E-state index contributed by atoms with van der Waals surface area (Å²) in [4.78, 5) is 18.0. The van der Waals surface area contributed by atoms with Crippen LogP contribution in [0.2, 0.25) is 0 Å². The zero-order valence-electron chi connectivity index (χ0n) is 18.5. The molecule has 1 aromatic carbocycles. The summed E-state index contributed by atoms with van der Waals surface area (Å²) in [5.74, 6) is 0.570. The Morgan fingerprint density at radius 3 is 2.59 bits per heavy atom. The molecule has 0 bridgehead atoms. The van der Waals surface area contributed by atoms with Crippen LogP contribution in [0, 0.1) is 0 Å². The van der Waals surface area contributed by atoms with Gasteiger partial charge in [0.1, 0.15) is 17.1 Å². The van der Waals surface area contributed by atoms with Gasteiger partial charge >= 0.3 is 6.18 Å². The van der Waals surface area contributed by atoms with Crippen LogP contribution < -0.4 is 15.0 Å². The molecule has 0 radical (unpaired) electrons. The Balaban J connectivity index is 1.36. The number of nitrogens with zero attached hydrogens (tertiary/aromatic N) is 4. The molecule has 1 amide bonds. The first-order valence-corrected chi connectivity index (χ1v) is 11.9. The number of piperazine rings is 1. The van der Waals surface area contributed by atoms with E-state index < -0.39 is 18.3 Å². The van der Waals surface area contributed by atoms with Crippen LogP contribution in [0.4, 0.5) is 24.7 Å². The third-order valence-corrected chi connectivity index (χ3v) is 7.33. The number of ether oxygens (including phenoxy) is 1. The fourth-order valence-corrected chi connectivity index (χ4v) is 5.40. The van der Waals surface area contributed by atoms with Crippen molar-refractivity contribution in [3.63, 3.8) is 0 Å². The smallest absolute Gasteiger partial charge is 0.410 e. The van der Waals surface area contributed by atoms with E-state index in [0.29, 0.717) is 26.2 Å². The Bertz CT molecular complexity index is 1160. The van der Waals surface area contributed by atoms with E-state index in [1.165, 1.54) is 17.5 Å². The van der Waals surface area contributed by atoms with Crippen molar-refractivity contribution in [2.45, 2.75) is 24.7 Å². The highest BCUT2D eigenvalue weighted by molar-refractivity contribution is 7.10. The monoisotopic (exact) mass is 491 g/mol. The Kier molecular flexibility index (Phi) is 5.88. The first kappa shape index (κ1) is 22.6. The van der Waals surface area contributed by atoms with Gasteiger partial charge in [0, 0.05) is 37.5 Å². The number of carbonyl (C=O) groups excluding carboxylic acids is 1. The molecular weight excluding hydrogens is 467 g/mol. The van der Waals surface area contributed by atoms with Gasteiger partial charge in [-0.1, -0.05) is 18.2 Å². The zero-order chi connectivity index (χ0) is 23.9. The summed E-state index contributed by atoms with van der Waals surface area (Å²) in [7, 11) is 1.62. The lowest BCUT2D eigenvalue weighted by Gasteiger charge is -2.37. The first-order chi connectivity index (χ1) is 16.4. The van der Waals surface area contributed by atoms with E-state index in [9.17, 15) is 18.0 Å². The minimum atomic E-state index is -4.47. The summed E-state index contributed by atoms with van der Waals surface area (Å²) in [6.07, 6.45) is -3.39. The number of aromatic nitrogens is 2. The molecule has 4 heterocycles. The van der Waals surface area contributed by atoms with Gasteiger partial charge in [-0.2, -0.15) is 18.3 Å². The molecule has 2 aromatic heterocycles. The molecule has 1 saturated heterocycles. The van der Waals surface area contributed by atoms with Crippen LogP contribution >= 0.6 is 11.3 Å². The molecule has 3 aromatic rings. The van der Waals surface area contributed by atoms with Crippen LogP contribution in [0.3, 0.4) is 0 Å². The van der Waals surface area contributed by atoms with Gasteiger partial charge in [0.25, 0.3) is 5.91 Å². The van der Waals surface area contributed by atoms with Gasteiger partial charge in [-0.15, -0.1) is 11.3 Å². The summed E-state index contributed by atoms with van der Waals surface area (Å²) in [6, 6.07) is 8.97. The maximum absolute atomic E-state index is 13.9. The molecule has 2 atom stereocenters. The number of methoxy groups -OCH3 is 1. The second-order valence-corrected chi connectivity index (χ2v) is 9.29. The molecule has 180 valence electrons. The summed E-state index contributed by atoms with van der Waals surface area (Å²) in [5, 5.41) is 8.97. The number of carbonyl (C=O) groups is 1. The average Bonchev–Trinajstić information content (AvgIpc) is 3.53. The number of para-hydroxylation sites is 2. The number of hydrogen-bond donors (Lipinski definition) is 1. The lowest BCUT2D eigenvalue weighted by atomic mass is 10.0. The van der Waals surface area contributed by atoms with E-state index in [0.717, 1.165) is 21.0 Å². The highest BCUT2D eigenvalue weighted by Gasteiger charge is 2.47. The number of nitrogens with one attached hydrogen (secondary N) is 1. The Morgan fingerprint density at radius 1 is 1.15 bits per heavy atom. The van der Waals surface area contributed by atoms with Gasteiger partial charge in [-0.05, 0) is 23.6 Å². The predicted molar refractivity (Wildman–Crippen MR) is 124 cm³/mol. The maximum Gasteiger partial charge on any atom is 0.410 e. The number of rotatable bonds is 4. The van der Waals surface area contributed by atoms with Crippen molar-refractivity contribution in [2.75, 3.05) is 43.5 Å². The van der Waals surface area contributed by atoms with E-state index in [-0.39, 0.29) is 23.7 Å². The van der Waals surface area contributed by atoms with Gasteiger partial charge in [0.05, 0.1) is 25.0 Å². The predicted octanol–water partition coefficient (Wildman–Crippen LogP) is 4.58. The van der Waals surface area contributed by atoms with Crippen LogP contribution in [0.25, 0.3) is 0 Å². The number of thiophene rings is 1. The van der Waals surface area contributed by atoms with E-state index in [1.807, 2.05) is 35.7 Å². The largest absolute Gasteiger partial charge is 0.495 e. The number of anilines is 2. The topological polar surface area (TPSA) is 62.6 Å².